The third-order valence-corrected chi connectivity index (χ3v) is 5.16. The highest BCUT2D eigenvalue weighted by Gasteiger charge is 2.07. The van der Waals surface area contributed by atoms with Crippen LogP contribution in [0.2, 0.25) is 0 Å². The Balaban J connectivity index is 1.76. The summed E-state index contributed by atoms with van der Waals surface area (Å²) in [7, 11) is 0. The van der Waals surface area contributed by atoms with Crippen molar-refractivity contribution in [3.8, 4) is 0 Å². The SMILES string of the molecule is Cc1nc2ccccc2nc1SCCn1c(C)csc1=O. The van der Waals surface area contributed by atoms with E-state index in [2.05, 4.69) is 9.97 Å². The maximum atomic E-state index is 11.7. The minimum Gasteiger partial charge on any atom is -0.303 e. The second-order valence-electron chi connectivity index (χ2n) is 4.75. The van der Waals surface area contributed by atoms with Gasteiger partial charge in [-0.05, 0) is 26.0 Å². The highest BCUT2D eigenvalue weighted by atomic mass is 32.2. The molecule has 3 aromatic rings. The van der Waals surface area contributed by atoms with E-state index in [9.17, 15) is 4.79 Å². The smallest absolute Gasteiger partial charge is 0.303 e. The van der Waals surface area contributed by atoms with Gasteiger partial charge in [0.15, 0.2) is 0 Å². The third kappa shape index (κ3) is 3.01. The summed E-state index contributed by atoms with van der Waals surface area (Å²) in [5, 5.41) is 2.84. The van der Waals surface area contributed by atoms with Gasteiger partial charge in [-0.2, -0.15) is 0 Å². The Morgan fingerprint density at radius 2 is 1.90 bits per heavy atom. The van der Waals surface area contributed by atoms with E-state index >= 15 is 0 Å². The predicted molar refractivity (Wildman–Crippen MR) is 88.3 cm³/mol. The molecule has 2 aromatic heterocycles. The molecule has 0 aliphatic heterocycles. The van der Waals surface area contributed by atoms with Crippen molar-refractivity contribution >= 4 is 34.1 Å². The van der Waals surface area contributed by atoms with Crippen molar-refractivity contribution in [1.29, 1.82) is 0 Å². The highest BCUT2D eigenvalue weighted by Crippen LogP contribution is 2.22. The molecule has 0 spiro atoms. The van der Waals surface area contributed by atoms with E-state index in [0.717, 1.165) is 33.2 Å². The second-order valence-corrected chi connectivity index (χ2v) is 6.65. The number of nitrogens with zero attached hydrogens (tertiary/aromatic N) is 3. The Morgan fingerprint density at radius 3 is 2.57 bits per heavy atom. The molecule has 0 bridgehead atoms. The summed E-state index contributed by atoms with van der Waals surface area (Å²) in [5.74, 6) is 0.811. The maximum Gasteiger partial charge on any atom is 0.307 e. The molecule has 3 rings (SSSR count). The zero-order chi connectivity index (χ0) is 14.8. The van der Waals surface area contributed by atoms with E-state index in [4.69, 9.17) is 0 Å². The lowest BCUT2D eigenvalue weighted by Gasteiger charge is -2.07. The van der Waals surface area contributed by atoms with Gasteiger partial charge < -0.3 is 4.57 Å². The summed E-state index contributed by atoms with van der Waals surface area (Å²) in [6, 6.07) is 7.88. The molecule has 108 valence electrons. The fourth-order valence-electron chi connectivity index (χ4n) is 2.12. The average Bonchev–Trinajstić information content (AvgIpc) is 2.79. The van der Waals surface area contributed by atoms with E-state index in [-0.39, 0.29) is 4.87 Å². The summed E-state index contributed by atoms with van der Waals surface area (Å²) in [4.78, 5) is 21.0. The molecule has 21 heavy (non-hydrogen) atoms. The van der Waals surface area contributed by atoms with Crippen molar-refractivity contribution in [1.82, 2.24) is 14.5 Å². The normalized spacial score (nSPS) is 11.1. The number of para-hydroxylation sites is 2. The molecule has 0 aliphatic carbocycles. The second kappa shape index (κ2) is 5.99. The Morgan fingerprint density at radius 1 is 1.19 bits per heavy atom. The fourth-order valence-corrected chi connectivity index (χ4v) is 3.76. The number of rotatable bonds is 4. The maximum absolute atomic E-state index is 11.7. The van der Waals surface area contributed by atoms with Crippen LogP contribution >= 0.6 is 23.1 Å². The summed E-state index contributed by atoms with van der Waals surface area (Å²) >= 11 is 2.90. The first-order valence-corrected chi connectivity index (χ1v) is 8.53. The number of fused-ring (bicyclic) bond motifs is 1. The first kappa shape index (κ1) is 14.3. The number of aryl methyl sites for hydroxylation is 2. The van der Waals surface area contributed by atoms with Crippen LogP contribution in [0.3, 0.4) is 0 Å². The van der Waals surface area contributed by atoms with Crippen LogP contribution in [0, 0.1) is 13.8 Å². The number of thioether (sulfide) groups is 1. The number of hydrogen-bond acceptors (Lipinski definition) is 5. The Hall–Kier alpha value is -1.66. The van der Waals surface area contributed by atoms with Crippen molar-refractivity contribution < 1.29 is 0 Å². The average molecular weight is 317 g/mol. The van der Waals surface area contributed by atoms with Gasteiger partial charge in [-0.3, -0.25) is 4.79 Å². The number of aromatic nitrogens is 3. The summed E-state index contributed by atoms with van der Waals surface area (Å²) in [6.45, 7) is 4.64. The summed E-state index contributed by atoms with van der Waals surface area (Å²) in [6.07, 6.45) is 0. The first-order valence-electron chi connectivity index (χ1n) is 6.66. The molecule has 0 saturated carbocycles. The molecule has 0 N–H and O–H groups in total. The zero-order valence-corrected chi connectivity index (χ0v) is 13.5. The third-order valence-electron chi connectivity index (χ3n) is 3.23. The molecule has 0 atom stereocenters. The molecule has 1 aromatic carbocycles. The lowest BCUT2D eigenvalue weighted by Crippen LogP contribution is -2.15. The van der Waals surface area contributed by atoms with E-state index in [1.807, 2.05) is 48.1 Å². The van der Waals surface area contributed by atoms with Gasteiger partial charge in [0.25, 0.3) is 0 Å². The Bertz CT molecular complexity index is 838. The standard InChI is InChI=1S/C15H15N3OS2/c1-10-9-21-15(19)18(10)7-8-20-14-11(2)16-12-5-3-4-6-13(12)17-14/h3-6,9H,7-8H2,1-2H3. The fraction of sp³-hybridized carbons (Fsp3) is 0.267. The van der Waals surface area contributed by atoms with Crippen LogP contribution in [-0.4, -0.2) is 20.3 Å². The molecule has 4 nitrogen and oxygen atoms in total. The van der Waals surface area contributed by atoms with Crippen LogP contribution in [0.4, 0.5) is 0 Å². The van der Waals surface area contributed by atoms with Crippen molar-refractivity contribution in [3.05, 3.63) is 50.7 Å². The predicted octanol–water partition coefficient (Wildman–Crippen LogP) is 3.26. The number of hydrogen-bond donors (Lipinski definition) is 0. The summed E-state index contributed by atoms with van der Waals surface area (Å²) in [5.41, 5.74) is 3.79. The van der Waals surface area contributed by atoms with E-state index < -0.39 is 0 Å². The minimum absolute atomic E-state index is 0.106. The van der Waals surface area contributed by atoms with Gasteiger partial charge in [0, 0.05) is 23.4 Å². The largest absolute Gasteiger partial charge is 0.307 e. The lowest BCUT2D eigenvalue weighted by molar-refractivity contribution is 0.730. The van der Waals surface area contributed by atoms with Crippen LogP contribution in [0.5, 0.6) is 0 Å². The van der Waals surface area contributed by atoms with Crippen LogP contribution in [0.25, 0.3) is 11.0 Å². The van der Waals surface area contributed by atoms with Crippen LogP contribution in [-0.2, 0) is 6.54 Å². The molecule has 0 fully saturated rings. The van der Waals surface area contributed by atoms with E-state index in [0.29, 0.717) is 6.54 Å². The van der Waals surface area contributed by atoms with Crippen molar-refractivity contribution in [2.75, 3.05) is 5.75 Å². The van der Waals surface area contributed by atoms with Gasteiger partial charge in [-0.15, -0.1) is 11.8 Å². The van der Waals surface area contributed by atoms with E-state index in [1.54, 1.807) is 11.8 Å². The van der Waals surface area contributed by atoms with Crippen LogP contribution < -0.4 is 4.87 Å². The Kier molecular flexibility index (Phi) is 4.07. The molecular weight excluding hydrogens is 302 g/mol. The van der Waals surface area contributed by atoms with Gasteiger partial charge in [0.1, 0.15) is 5.03 Å². The molecule has 6 heteroatoms. The highest BCUT2D eigenvalue weighted by molar-refractivity contribution is 7.99. The van der Waals surface area contributed by atoms with Gasteiger partial charge >= 0.3 is 4.87 Å². The molecule has 2 heterocycles. The zero-order valence-electron chi connectivity index (χ0n) is 11.9. The van der Waals surface area contributed by atoms with E-state index in [1.165, 1.54) is 11.3 Å². The van der Waals surface area contributed by atoms with Crippen LogP contribution in [0.1, 0.15) is 11.4 Å². The van der Waals surface area contributed by atoms with Crippen molar-refractivity contribution in [2.45, 2.75) is 25.4 Å². The first-order chi connectivity index (χ1) is 10.1. The lowest BCUT2D eigenvalue weighted by atomic mass is 10.3. The quantitative estimate of drug-likeness (QED) is 0.693. The van der Waals surface area contributed by atoms with Crippen LogP contribution in [0.15, 0.2) is 39.5 Å². The van der Waals surface area contributed by atoms with Gasteiger partial charge in [0.05, 0.1) is 16.7 Å². The number of benzene rings is 1. The molecular formula is C15H15N3OS2. The van der Waals surface area contributed by atoms with Crippen molar-refractivity contribution in [2.24, 2.45) is 0 Å². The molecule has 0 saturated heterocycles. The molecule has 0 amide bonds. The van der Waals surface area contributed by atoms with Gasteiger partial charge in [-0.1, -0.05) is 23.5 Å². The van der Waals surface area contributed by atoms with Crippen molar-refractivity contribution in [3.63, 3.8) is 0 Å². The summed E-state index contributed by atoms with van der Waals surface area (Å²) < 4.78 is 1.81. The molecule has 0 radical (unpaired) electrons. The minimum atomic E-state index is 0.106. The number of thiazole rings is 1. The topological polar surface area (TPSA) is 47.8 Å². The van der Waals surface area contributed by atoms with Gasteiger partial charge in [0.2, 0.25) is 0 Å². The molecule has 0 aliphatic rings. The monoisotopic (exact) mass is 317 g/mol. The van der Waals surface area contributed by atoms with Gasteiger partial charge in [-0.25, -0.2) is 9.97 Å². The Labute approximate surface area is 130 Å². The molecule has 0 unspecified atom stereocenters.